The van der Waals surface area contributed by atoms with Crippen molar-refractivity contribution < 1.29 is 9.53 Å². The molecule has 0 fully saturated rings. The van der Waals surface area contributed by atoms with Crippen molar-refractivity contribution in [3.8, 4) is 5.75 Å². The van der Waals surface area contributed by atoms with Gasteiger partial charge in [0.25, 0.3) is 0 Å². The Balaban J connectivity index is 1.93. The molecule has 0 aliphatic carbocycles. The third-order valence-electron chi connectivity index (χ3n) is 2.76. The Hall–Kier alpha value is -1.92. The first-order valence-electron chi connectivity index (χ1n) is 6.22. The van der Waals surface area contributed by atoms with E-state index in [2.05, 4.69) is 10.3 Å². The molecule has 106 valence electrons. The molecule has 0 aliphatic heterocycles. The van der Waals surface area contributed by atoms with E-state index in [9.17, 15) is 4.79 Å². The van der Waals surface area contributed by atoms with Crippen LogP contribution in [0.3, 0.4) is 0 Å². The minimum Gasteiger partial charge on any atom is -0.497 e. The topological polar surface area (TPSA) is 77.2 Å². The minimum absolute atomic E-state index is 0.0965. The van der Waals surface area contributed by atoms with E-state index in [1.807, 2.05) is 36.6 Å². The standard InChI is InChI=1S/C14H17N3O2S/c1-9(15)12-8-20-14(16-12)17-13(18)7-10-3-5-11(19-2)6-4-10/h3-6,8-9H,7,15H2,1-2H3,(H,16,17,18). The van der Waals surface area contributed by atoms with E-state index in [1.165, 1.54) is 11.3 Å². The van der Waals surface area contributed by atoms with Gasteiger partial charge in [0.1, 0.15) is 5.75 Å². The maximum absolute atomic E-state index is 11.9. The van der Waals surface area contributed by atoms with E-state index >= 15 is 0 Å². The quantitative estimate of drug-likeness (QED) is 0.886. The molecular weight excluding hydrogens is 274 g/mol. The van der Waals surface area contributed by atoms with Gasteiger partial charge >= 0.3 is 0 Å². The Bertz CT molecular complexity index is 578. The number of amides is 1. The van der Waals surface area contributed by atoms with Crippen LogP contribution in [0.4, 0.5) is 5.13 Å². The van der Waals surface area contributed by atoms with E-state index in [1.54, 1.807) is 7.11 Å². The van der Waals surface area contributed by atoms with Gasteiger partial charge in [-0.15, -0.1) is 11.3 Å². The van der Waals surface area contributed by atoms with Gasteiger partial charge in [0.05, 0.1) is 19.2 Å². The molecule has 1 heterocycles. The number of rotatable bonds is 5. The summed E-state index contributed by atoms with van der Waals surface area (Å²) < 4.78 is 5.07. The third-order valence-corrected chi connectivity index (χ3v) is 3.53. The number of nitrogens with zero attached hydrogens (tertiary/aromatic N) is 1. The number of thiazole rings is 1. The highest BCUT2D eigenvalue weighted by Gasteiger charge is 2.09. The van der Waals surface area contributed by atoms with Crippen LogP contribution in [-0.2, 0) is 11.2 Å². The number of methoxy groups -OCH3 is 1. The van der Waals surface area contributed by atoms with Gasteiger partial charge < -0.3 is 15.8 Å². The lowest BCUT2D eigenvalue weighted by Gasteiger charge is -2.04. The average molecular weight is 291 g/mol. The van der Waals surface area contributed by atoms with E-state index in [0.717, 1.165) is 17.0 Å². The van der Waals surface area contributed by atoms with Gasteiger partial charge in [0.15, 0.2) is 5.13 Å². The summed E-state index contributed by atoms with van der Waals surface area (Å²) in [6.45, 7) is 1.86. The number of aromatic nitrogens is 1. The normalized spacial score (nSPS) is 11.9. The second kappa shape index (κ2) is 6.49. The summed E-state index contributed by atoms with van der Waals surface area (Å²) in [5.74, 6) is 0.677. The van der Waals surface area contributed by atoms with Gasteiger partial charge in [-0.2, -0.15) is 0 Å². The molecule has 0 radical (unpaired) electrons. The predicted octanol–water partition coefficient (Wildman–Crippen LogP) is 2.35. The summed E-state index contributed by atoms with van der Waals surface area (Å²) >= 11 is 1.38. The molecule has 0 bridgehead atoms. The number of hydrogen-bond donors (Lipinski definition) is 2. The Morgan fingerprint density at radius 3 is 2.70 bits per heavy atom. The number of anilines is 1. The predicted molar refractivity (Wildman–Crippen MR) is 80.0 cm³/mol. The van der Waals surface area contributed by atoms with Gasteiger partial charge in [-0.3, -0.25) is 4.79 Å². The Kier molecular flexibility index (Phi) is 4.70. The number of ether oxygens (including phenoxy) is 1. The van der Waals surface area contributed by atoms with Crippen LogP contribution in [0.1, 0.15) is 24.2 Å². The molecule has 1 amide bonds. The van der Waals surface area contributed by atoms with Crippen LogP contribution in [0.5, 0.6) is 5.75 Å². The van der Waals surface area contributed by atoms with E-state index in [4.69, 9.17) is 10.5 Å². The Morgan fingerprint density at radius 2 is 2.15 bits per heavy atom. The number of hydrogen-bond acceptors (Lipinski definition) is 5. The van der Waals surface area contributed by atoms with Crippen LogP contribution in [-0.4, -0.2) is 18.0 Å². The largest absolute Gasteiger partial charge is 0.497 e. The molecule has 20 heavy (non-hydrogen) atoms. The lowest BCUT2D eigenvalue weighted by Crippen LogP contribution is -2.14. The fourth-order valence-corrected chi connectivity index (χ4v) is 2.48. The number of benzene rings is 1. The lowest BCUT2D eigenvalue weighted by atomic mass is 10.1. The van der Waals surface area contributed by atoms with Crippen molar-refractivity contribution in [2.75, 3.05) is 12.4 Å². The molecule has 0 aliphatic rings. The molecule has 6 heteroatoms. The fourth-order valence-electron chi connectivity index (χ4n) is 1.64. The van der Waals surface area contributed by atoms with Crippen molar-refractivity contribution in [3.63, 3.8) is 0 Å². The highest BCUT2D eigenvalue weighted by atomic mass is 32.1. The molecular formula is C14H17N3O2S. The molecule has 1 aromatic heterocycles. The summed E-state index contributed by atoms with van der Waals surface area (Å²) in [6, 6.07) is 7.28. The summed E-state index contributed by atoms with van der Waals surface area (Å²) in [5.41, 5.74) is 7.44. The summed E-state index contributed by atoms with van der Waals surface area (Å²) in [6.07, 6.45) is 0.303. The molecule has 0 saturated carbocycles. The highest BCUT2D eigenvalue weighted by Crippen LogP contribution is 2.19. The van der Waals surface area contributed by atoms with Crippen molar-refractivity contribution in [2.45, 2.75) is 19.4 Å². The molecule has 1 aromatic carbocycles. The third kappa shape index (κ3) is 3.79. The number of nitrogens with two attached hydrogens (primary N) is 1. The zero-order valence-electron chi connectivity index (χ0n) is 11.4. The average Bonchev–Trinajstić information content (AvgIpc) is 2.88. The lowest BCUT2D eigenvalue weighted by molar-refractivity contribution is -0.115. The summed E-state index contributed by atoms with van der Waals surface area (Å²) in [7, 11) is 1.61. The number of nitrogens with one attached hydrogen (secondary N) is 1. The zero-order chi connectivity index (χ0) is 14.5. The summed E-state index contributed by atoms with van der Waals surface area (Å²) in [5, 5.41) is 5.21. The summed E-state index contributed by atoms with van der Waals surface area (Å²) in [4.78, 5) is 16.2. The molecule has 0 saturated heterocycles. The molecule has 1 unspecified atom stereocenters. The van der Waals surface area contributed by atoms with Crippen LogP contribution in [0.2, 0.25) is 0 Å². The van der Waals surface area contributed by atoms with Crippen molar-refractivity contribution in [1.29, 1.82) is 0 Å². The van der Waals surface area contributed by atoms with Gasteiger partial charge in [-0.1, -0.05) is 12.1 Å². The molecule has 2 rings (SSSR count). The monoisotopic (exact) mass is 291 g/mol. The van der Waals surface area contributed by atoms with Gasteiger partial charge in [0, 0.05) is 11.4 Å². The highest BCUT2D eigenvalue weighted by molar-refractivity contribution is 7.13. The van der Waals surface area contributed by atoms with Crippen LogP contribution < -0.4 is 15.8 Å². The molecule has 3 N–H and O–H groups in total. The van der Waals surface area contributed by atoms with Crippen molar-refractivity contribution >= 4 is 22.4 Å². The molecule has 2 aromatic rings. The first-order chi connectivity index (χ1) is 9.58. The van der Waals surface area contributed by atoms with E-state index < -0.39 is 0 Å². The van der Waals surface area contributed by atoms with Crippen molar-refractivity contribution in [2.24, 2.45) is 5.73 Å². The van der Waals surface area contributed by atoms with Crippen LogP contribution in [0.25, 0.3) is 0 Å². The Morgan fingerprint density at radius 1 is 1.45 bits per heavy atom. The van der Waals surface area contributed by atoms with Crippen LogP contribution >= 0.6 is 11.3 Å². The smallest absolute Gasteiger partial charge is 0.230 e. The van der Waals surface area contributed by atoms with Crippen molar-refractivity contribution in [3.05, 3.63) is 40.9 Å². The van der Waals surface area contributed by atoms with Crippen LogP contribution in [0, 0.1) is 0 Å². The maximum atomic E-state index is 11.9. The molecule has 1 atom stereocenters. The van der Waals surface area contributed by atoms with E-state index in [0.29, 0.717) is 11.6 Å². The second-order valence-electron chi connectivity index (χ2n) is 4.44. The first kappa shape index (κ1) is 14.5. The van der Waals surface area contributed by atoms with Gasteiger partial charge in [-0.25, -0.2) is 4.98 Å². The SMILES string of the molecule is COc1ccc(CC(=O)Nc2nc(C(C)N)cs2)cc1. The first-order valence-corrected chi connectivity index (χ1v) is 7.10. The Labute approximate surface area is 121 Å². The maximum Gasteiger partial charge on any atom is 0.230 e. The molecule has 0 spiro atoms. The minimum atomic E-state index is -0.126. The fraction of sp³-hybridized carbons (Fsp3) is 0.286. The van der Waals surface area contributed by atoms with Gasteiger partial charge in [0.2, 0.25) is 5.91 Å². The number of carbonyl (C=O) groups excluding carboxylic acids is 1. The zero-order valence-corrected chi connectivity index (χ0v) is 12.2. The van der Waals surface area contributed by atoms with E-state index in [-0.39, 0.29) is 11.9 Å². The van der Waals surface area contributed by atoms with Crippen molar-refractivity contribution in [1.82, 2.24) is 4.98 Å². The van der Waals surface area contributed by atoms with Gasteiger partial charge in [-0.05, 0) is 24.6 Å². The number of carbonyl (C=O) groups is 1. The molecule has 5 nitrogen and oxygen atoms in total. The van der Waals surface area contributed by atoms with Crippen LogP contribution in [0.15, 0.2) is 29.6 Å². The second-order valence-corrected chi connectivity index (χ2v) is 5.30.